The van der Waals surface area contributed by atoms with Crippen LogP contribution in [0.1, 0.15) is 20.7 Å². The van der Waals surface area contributed by atoms with Crippen molar-refractivity contribution in [2.75, 3.05) is 20.1 Å². The van der Waals surface area contributed by atoms with E-state index in [0.717, 1.165) is 0 Å². The fourth-order valence-electron chi connectivity index (χ4n) is 1.17. The molecule has 86 valence electrons. The number of carboxylic acids is 1. The molecule has 1 amide bonds. The number of carboxylic acid groups (broad SMARTS) is 1. The van der Waals surface area contributed by atoms with Gasteiger partial charge >= 0.3 is 5.97 Å². The smallest absolute Gasteiger partial charge is 0.335 e. The Bertz CT molecular complexity index is 373. The summed E-state index contributed by atoms with van der Waals surface area (Å²) in [5, 5.41) is 14.3. The number of carbonyl (C=O) groups is 2. The van der Waals surface area contributed by atoms with E-state index in [0.29, 0.717) is 18.7 Å². The molecule has 0 atom stereocenters. The highest BCUT2D eigenvalue weighted by atomic mass is 16.4. The van der Waals surface area contributed by atoms with Gasteiger partial charge in [-0.1, -0.05) is 0 Å². The Morgan fingerprint density at radius 1 is 1.12 bits per heavy atom. The van der Waals surface area contributed by atoms with Crippen molar-refractivity contribution in [1.82, 2.24) is 10.6 Å². The Kier molecular flexibility index (Phi) is 4.47. The minimum atomic E-state index is -0.998. The molecule has 0 radical (unpaired) electrons. The zero-order valence-electron chi connectivity index (χ0n) is 8.99. The highest BCUT2D eigenvalue weighted by Gasteiger charge is 2.06. The molecule has 0 aliphatic heterocycles. The lowest BCUT2D eigenvalue weighted by atomic mass is 10.1. The molecule has 0 fully saturated rings. The second kappa shape index (κ2) is 5.87. The lowest BCUT2D eigenvalue weighted by molar-refractivity contribution is 0.0696. The van der Waals surface area contributed by atoms with Crippen molar-refractivity contribution in [1.29, 1.82) is 0 Å². The standard InChI is InChI=1S/C11H14N2O3/c1-12-6-7-13-10(14)8-2-4-9(5-3-8)11(15)16/h2-5,12H,6-7H2,1H3,(H,13,14)(H,15,16). The molecular weight excluding hydrogens is 208 g/mol. The first-order valence-corrected chi connectivity index (χ1v) is 4.91. The molecule has 0 aromatic heterocycles. The van der Waals surface area contributed by atoms with Crippen LogP contribution in [0.3, 0.4) is 0 Å². The van der Waals surface area contributed by atoms with Crippen molar-refractivity contribution in [3.05, 3.63) is 35.4 Å². The second-order valence-electron chi connectivity index (χ2n) is 3.24. The molecule has 1 rings (SSSR count). The molecule has 5 nitrogen and oxygen atoms in total. The number of likely N-dealkylation sites (N-methyl/N-ethyl adjacent to an activating group) is 1. The van der Waals surface area contributed by atoms with Crippen molar-refractivity contribution in [3.8, 4) is 0 Å². The Hall–Kier alpha value is -1.88. The number of hydrogen-bond donors (Lipinski definition) is 3. The second-order valence-corrected chi connectivity index (χ2v) is 3.24. The number of aromatic carboxylic acids is 1. The van der Waals surface area contributed by atoms with Crippen LogP contribution >= 0.6 is 0 Å². The van der Waals surface area contributed by atoms with E-state index in [1.54, 1.807) is 7.05 Å². The normalized spacial score (nSPS) is 9.81. The van der Waals surface area contributed by atoms with Crippen LogP contribution in [-0.4, -0.2) is 37.1 Å². The van der Waals surface area contributed by atoms with Gasteiger partial charge in [-0.2, -0.15) is 0 Å². The van der Waals surface area contributed by atoms with Gasteiger partial charge in [0.15, 0.2) is 0 Å². The highest BCUT2D eigenvalue weighted by Crippen LogP contribution is 2.04. The average Bonchev–Trinajstić information content (AvgIpc) is 2.29. The molecule has 5 heteroatoms. The fourth-order valence-corrected chi connectivity index (χ4v) is 1.17. The van der Waals surface area contributed by atoms with Crippen LogP contribution in [0.4, 0.5) is 0 Å². The summed E-state index contributed by atoms with van der Waals surface area (Å²) in [6, 6.07) is 5.82. The van der Waals surface area contributed by atoms with Crippen molar-refractivity contribution in [2.45, 2.75) is 0 Å². The maximum absolute atomic E-state index is 11.5. The first-order chi connectivity index (χ1) is 7.65. The predicted molar refractivity (Wildman–Crippen MR) is 59.7 cm³/mol. The minimum Gasteiger partial charge on any atom is -0.478 e. The Labute approximate surface area is 93.5 Å². The van der Waals surface area contributed by atoms with Gasteiger partial charge in [-0.15, -0.1) is 0 Å². The third-order valence-corrected chi connectivity index (χ3v) is 2.05. The molecule has 1 aromatic rings. The van der Waals surface area contributed by atoms with Gasteiger partial charge < -0.3 is 15.7 Å². The Balaban J connectivity index is 2.59. The first-order valence-electron chi connectivity index (χ1n) is 4.91. The Morgan fingerprint density at radius 3 is 2.19 bits per heavy atom. The van der Waals surface area contributed by atoms with E-state index in [1.165, 1.54) is 24.3 Å². The molecule has 3 N–H and O–H groups in total. The van der Waals surface area contributed by atoms with Crippen LogP contribution in [0.2, 0.25) is 0 Å². The molecule has 0 aliphatic carbocycles. The third-order valence-electron chi connectivity index (χ3n) is 2.05. The monoisotopic (exact) mass is 222 g/mol. The van der Waals surface area contributed by atoms with Crippen LogP contribution < -0.4 is 10.6 Å². The molecule has 0 spiro atoms. The maximum Gasteiger partial charge on any atom is 0.335 e. The number of nitrogens with one attached hydrogen (secondary N) is 2. The zero-order valence-corrected chi connectivity index (χ0v) is 8.99. The number of amides is 1. The minimum absolute atomic E-state index is 0.173. The summed E-state index contributed by atoms with van der Waals surface area (Å²) in [5.74, 6) is -1.20. The SMILES string of the molecule is CNCCNC(=O)c1ccc(C(=O)O)cc1. The topological polar surface area (TPSA) is 78.4 Å². The number of rotatable bonds is 5. The lowest BCUT2D eigenvalue weighted by Crippen LogP contribution is -2.30. The van der Waals surface area contributed by atoms with Gasteiger partial charge in [-0.25, -0.2) is 4.79 Å². The van der Waals surface area contributed by atoms with E-state index >= 15 is 0 Å². The van der Waals surface area contributed by atoms with Crippen molar-refractivity contribution < 1.29 is 14.7 Å². The van der Waals surface area contributed by atoms with Gasteiger partial charge in [-0.3, -0.25) is 4.79 Å². The van der Waals surface area contributed by atoms with Crippen molar-refractivity contribution in [2.24, 2.45) is 0 Å². The van der Waals surface area contributed by atoms with Crippen LogP contribution in [0.15, 0.2) is 24.3 Å². The first kappa shape index (κ1) is 12.2. The van der Waals surface area contributed by atoms with Crippen molar-refractivity contribution in [3.63, 3.8) is 0 Å². The average molecular weight is 222 g/mol. The van der Waals surface area contributed by atoms with Crippen molar-refractivity contribution >= 4 is 11.9 Å². The molecule has 0 unspecified atom stereocenters. The van der Waals surface area contributed by atoms with Crippen LogP contribution in [0.5, 0.6) is 0 Å². The molecule has 0 heterocycles. The van der Waals surface area contributed by atoms with E-state index in [4.69, 9.17) is 5.11 Å². The summed E-state index contributed by atoms with van der Waals surface area (Å²) < 4.78 is 0. The molecule has 16 heavy (non-hydrogen) atoms. The highest BCUT2D eigenvalue weighted by molar-refractivity contribution is 5.95. The quantitative estimate of drug-likeness (QED) is 0.627. The summed E-state index contributed by atoms with van der Waals surface area (Å²) in [6.07, 6.45) is 0. The largest absolute Gasteiger partial charge is 0.478 e. The van der Waals surface area contributed by atoms with Gasteiger partial charge in [0.1, 0.15) is 0 Å². The van der Waals surface area contributed by atoms with Gasteiger partial charge in [0.05, 0.1) is 5.56 Å². The summed E-state index contributed by atoms with van der Waals surface area (Å²) >= 11 is 0. The van der Waals surface area contributed by atoms with Crippen LogP contribution in [0, 0.1) is 0 Å². The van der Waals surface area contributed by atoms with E-state index in [2.05, 4.69) is 10.6 Å². The fraction of sp³-hybridized carbons (Fsp3) is 0.273. The van der Waals surface area contributed by atoms with Gasteiger partial charge in [0.25, 0.3) is 5.91 Å². The molecule has 0 bridgehead atoms. The van der Waals surface area contributed by atoms with E-state index in [1.807, 2.05) is 0 Å². The van der Waals surface area contributed by atoms with E-state index in [-0.39, 0.29) is 11.5 Å². The number of benzene rings is 1. The summed E-state index contributed by atoms with van der Waals surface area (Å²) in [5.41, 5.74) is 0.632. The van der Waals surface area contributed by atoms with Gasteiger partial charge in [-0.05, 0) is 31.3 Å². The zero-order chi connectivity index (χ0) is 12.0. The Morgan fingerprint density at radius 2 is 1.69 bits per heavy atom. The molecular formula is C11H14N2O3. The molecule has 0 saturated heterocycles. The van der Waals surface area contributed by atoms with E-state index < -0.39 is 5.97 Å². The number of hydrogen-bond acceptors (Lipinski definition) is 3. The maximum atomic E-state index is 11.5. The summed E-state index contributed by atoms with van der Waals surface area (Å²) in [7, 11) is 1.80. The molecule has 0 aliphatic rings. The summed E-state index contributed by atoms with van der Waals surface area (Å²) in [6.45, 7) is 1.23. The lowest BCUT2D eigenvalue weighted by Gasteiger charge is -2.04. The molecule has 1 aromatic carbocycles. The van der Waals surface area contributed by atoms with Gasteiger partial charge in [0.2, 0.25) is 0 Å². The third kappa shape index (κ3) is 3.36. The predicted octanol–water partition coefficient (Wildman–Crippen LogP) is 0.334. The van der Waals surface area contributed by atoms with E-state index in [9.17, 15) is 9.59 Å². The van der Waals surface area contributed by atoms with Gasteiger partial charge in [0, 0.05) is 18.7 Å². The number of carbonyl (C=O) groups excluding carboxylic acids is 1. The molecule has 0 saturated carbocycles. The van der Waals surface area contributed by atoms with Crippen LogP contribution in [0.25, 0.3) is 0 Å². The van der Waals surface area contributed by atoms with Crippen LogP contribution in [-0.2, 0) is 0 Å². The summed E-state index contributed by atoms with van der Waals surface area (Å²) in [4.78, 5) is 22.1.